The maximum Gasteiger partial charge on any atom is 0.330 e. The third kappa shape index (κ3) is 3.10. The predicted octanol–water partition coefficient (Wildman–Crippen LogP) is 1.59. The quantitative estimate of drug-likeness (QED) is 0.894. The van der Waals surface area contributed by atoms with E-state index < -0.39 is 17.9 Å². The summed E-state index contributed by atoms with van der Waals surface area (Å²) in [6, 6.07) is 4.31. The molecule has 0 radical (unpaired) electrons. The lowest BCUT2D eigenvalue weighted by Gasteiger charge is -2.17. The van der Waals surface area contributed by atoms with Gasteiger partial charge in [-0.2, -0.15) is 5.10 Å². The molecule has 0 aliphatic carbocycles. The van der Waals surface area contributed by atoms with Gasteiger partial charge in [-0.25, -0.2) is 4.79 Å². The van der Waals surface area contributed by atoms with Crippen molar-refractivity contribution in [2.75, 3.05) is 0 Å². The summed E-state index contributed by atoms with van der Waals surface area (Å²) in [5, 5.41) is 15.8. The van der Waals surface area contributed by atoms with Crippen LogP contribution < -0.4 is 5.32 Å². The lowest BCUT2D eigenvalue weighted by Crippen LogP contribution is -2.34. The third-order valence-electron chi connectivity index (χ3n) is 3.45. The molecule has 21 heavy (non-hydrogen) atoms. The molecule has 1 aromatic carbocycles. The molecule has 0 spiro atoms. The van der Waals surface area contributed by atoms with E-state index >= 15 is 0 Å². The van der Waals surface area contributed by atoms with Crippen LogP contribution in [0.15, 0.2) is 30.6 Å². The highest BCUT2D eigenvalue weighted by atomic mass is 16.4. The van der Waals surface area contributed by atoms with Gasteiger partial charge in [-0.15, -0.1) is 0 Å². The number of hydrogen-bond acceptors (Lipinski definition) is 3. The number of carbonyl (C=O) groups excluding carboxylic acids is 1. The van der Waals surface area contributed by atoms with Crippen LogP contribution in [0.25, 0.3) is 0 Å². The average Bonchev–Trinajstić information content (AvgIpc) is 2.86. The van der Waals surface area contributed by atoms with Crippen molar-refractivity contribution in [2.45, 2.75) is 19.9 Å². The van der Waals surface area contributed by atoms with Gasteiger partial charge in [0.2, 0.25) is 0 Å². The highest BCUT2D eigenvalue weighted by molar-refractivity contribution is 5.96. The van der Waals surface area contributed by atoms with Crippen molar-refractivity contribution in [3.8, 4) is 0 Å². The SMILES string of the molecule is Cc1cccc(C(NC(=O)c2cnn(C)c2)C(=O)O)c1C. The number of carboxylic acid groups (broad SMARTS) is 1. The van der Waals surface area contributed by atoms with Gasteiger partial charge in [-0.1, -0.05) is 18.2 Å². The normalized spacial score (nSPS) is 12.0. The fourth-order valence-electron chi connectivity index (χ4n) is 2.11. The minimum absolute atomic E-state index is 0.328. The summed E-state index contributed by atoms with van der Waals surface area (Å²) in [5.74, 6) is -1.56. The lowest BCUT2D eigenvalue weighted by molar-refractivity contribution is -0.139. The third-order valence-corrected chi connectivity index (χ3v) is 3.45. The molecule has 110 valence electrons. The molecule has 0 bridgehead atoms. The first-order chi connectivity index (χ1) is 9.90. The van der Waals surface area contributed by atoms with Crippen molar-refractivity contribution >= 4 is 11.9 Å². The van der Waals surface area contributed by atoms with Crippen molar-refractivity contribution in [1.29, 1.82) is 0 Å². The van der Waals surface area contributed by atoms with Crippen LogP contribution in [0.4, 0.5) is 0 Å². The molecule has 1 heterocycles. The van der Waals surface area contributed by atoms with E-state index in [9.17, 15) is 14.7 Å². The highest BCUT2D eigenvalue weighted by Crippen LogP contribution is 2.21. The number of carbonyl (C=O) groups is 2. The van der Waals surface area contributed by atoms with Gasteiger partial charge in [0.1, 0.15) is 0 Å². The largest absolute Gasteiger partial charge is 0.479 e. The number of aliphatic carboxylic acids is 1. The Kier molecular flexibility index (Phi) is 4.07. The number of nitrogens with zero attached hydrogens (tertiary/aromatic N) is 2. The predicted molar refractivity (Wildman–Crippen MR) is 77.0 cm³/mol. The summed E-state index contributed by atoms with van der Waals surface area (Å²) in [4.78, 5) is 23.6. The fraction of sp³-hybridized carbons (Fsp3) is 0.267. The molecular weight excluding hydrogens is 270 g/mol. The minimum atomic E-state index is -1.10. The summed E-state index contributed by atoms with van der Waals surface area (Å²) in [5.41, 5.74) is 2.75. The van der Waals surface area contributed by atoms with Crippen LogP contribution in [-0.4, -0.2) is 26.8 Å². The topological polar surface area (TPSA) is 84.2 Å². The zero-order valence-electron chi connectivity index (χ0n) is 12.1. The molecule has 1 amide bonds. The molecule has 2 rings (SSSR count). The molecule has 1 aromatic heterocycles. The number of rotatable bonds is 4. The van der Waals surface area contributed by atoms with Crippen LogP contribution in [0.5, 0.6) is 0 Å². The van der Waals surface area contributed by atoms with E-state index in [0.717, 1.165) is 11.1 Å². The first-order valence-corrected chi connectivity index (χ1v) is 6.48. The zero-order chi connectivity index (χ0) is 15.6. The second-order valence-corrected chi connectivity index (χ2v) is 4.94. The number of carboxylic acids is 1. The van der Waals surface area contributed by atoms with E-state index in [1.807, 2.05) is 19.9 Å². The Morgan fingerprint density at radius 2 is 2.05 bits per heavy atom. The Hall–Kier alpha value is -2.63. The lowest BCUT2D eigenvalue weighted by atomic mass is 9.97. The van der Waals surface area contributed by atoms with Crippen LogP contribution in [0.2, 0.25) is 0 Å². The van der Waals surface area contributed by atoms with Gasteiger partial charge in [0.05, 0.1) is 11.8 Å². The molecule has 1 atom stereocenters. The molecule has 0 saturated heterocycles. The van der Waals surface area contributed by atoms with Gasteiger partial charge >= 0.3 is 5.97 Å². The summed E-state index contributed by atoms with van der Waals surface area (Å²) >= 11 is 0. The van der Waals surface area contributed by atoms with E-state index in [2.05, 4.69) is 10.4 Å². The van der Waals surface area contributed by atoms with Crippen LogP contribution in [0.3, 0.4) is 0 Å². The van der Waals surface area contributed by atoms with E-state index in [1.54, 1.807) is 19.2 Å². The van der Waals surface area contributed by atoms with Crippen molar-refractivity contribution in [3.05, 3.63) is 52.8 Å². The van der Waals surface area contributed by atoms with E-state index in [1.165, 1.54) is 17.1 Å². The van der Waals surface area contributed by atoms with Crippen molar-refractivity contribution < 1.29 is 14.7 Å². The number of aromatic nitrogens is 2. The van der Waals surface area contributed by atoms with Gasteiger partial charge in [-0.05, 0) is 30.5 Å². The van der Waals surface area contributed by atoms with Crippen LogP contribution >= 0.6 is 0 Å². The number of hydrogen-bond donors (Lipinski definition) is 2. The van der Waals surface area contributed by atoms with E-state index in [-0.39, 0.29) is 0 Å². The first-order valence-electron chi connectivity index (χ1n) is 6.48. The molecule has 6 nitrogen and oxygen atoms in total. The molecule has 0 aliphatic heterocycles. The number of benzene rings is 1. The molecule has 1 unspecified atom stereocenters. The standard InChI is InChI=1S/C15H17N3O3/c1-9-5-4-6-12(10(9)2)13(15(20)21)17-14(19)11-7-16-18(3)8-11/h4-8,13H,1-3H3,(H,17,19)(H,20,21). The van der Waals surface area contributed by atoms with Crippen LogP contribution in [0.1, 0.15) is 33.1 Å². The Morgan fingerprint density at radius 3 is 2.62 bits per heavy atom. The Morgan fingerprint density at radius 1 is 1.33 bits per heavy atom. The molecule has 0 saturated carbocycles. The highest BCUT2D eigenvalue weighted by Gasteiger charge is 2.25. The Labute approximate surface area is 122 Å². The summed E-state index contributed by atoms with van der Waals surface area (Å²) in [6.45, 7) is 3.75. The number of amides is 1. The summed E-state index contributed by atoms with van der Waals surface area (Å²) < 4.78 is 1.49. The monoisotopic (exact) mass is 287 g/mol. The molecule has 6 heteroatoms. The van der Waals surface area contributed by atoms with Gasteiger partial charge < -0.3 is 10.4 Å². The molecule has 2 N–H and O–H groups in total. The van der Waals surface area contributed by atoms with Crippen molar-refractivity contribution in [2.24, 2.45) is 7.05 Å². The maximum atomic E-state index is 12.1. The number of aryl methyl sites for hydroxylation is 2. The fourth-order valence-corrected chi connectivity index (χ4v) is 2.11. The Bertz CT molecular complexity index is 691. The van der Waals surface area contributed by atoms with Crippen LogP contribution in [-0.2, 0) is 11.8 Å². The molecule has 0 aliphatic rings. The maximum absolute atomic E-state index is 12.1. The van der Waals surface area contributed by atoms with Crippen LogP contribution in [0, 0.1) is 13.8 Å². The van der Waals surface area contributed by atoms with Gasteiger partial charge in [0.15, 0.2) is 6.04 Å². The van der Waals surface area contributed by atoms with Crippen molar-refractivity contribution in [1.82, 2.24) is 15.1 Å². The zero-order valence-corrected chi connectivity index (χ0v) is 12.1. The molecule has 2 aromatic rings. The molecular formula is C15H17N3O3. The first kappa shape index (κ1) is 14.8. The van der Waals surface area contributed by atoms with E-state index in [4.69, 9.17) is 0 Å². The second kappa shape index (κ2) is 5.78. The average molecular weight is 287 g/mol. The van der Waals surface area contributed by atoms with Crippen molar-refractivity contribution in [3.63, 3.8) is 0 Å². The molecule has 0 fully saturated rings. The summed E-state index contributed by atoms with van der Waals surface area (Å²) in [7, 11) is 1.69. The van der Waals surface area contributed by atoms with Gasteiger partial charge in [0, 0.05) is 13.2 Å². The minimum Gasteiger partial charge on any atom is -0.479 e. The van der Waals surface area contributed by atoms with Gasteiger partial charge in [-0.3, -0.25) is 9.48 Å². The second-order valence-electron chi connectivity index (χ2n) is 4.94. The van der Waals surface area contributed by atoms with Gasteiger partial charge in [0.25, 0.3) is 5.91 Å². The smallest absolute Gasteiger partial charge is 0.330 e. The number of nitrogens with one attached hydrogen (secondary N) is 1. The Balaban J connectivity index is 2.30. The van der Waals surface area contributed by atoms with E-state index in [0.29, 0.717) is 11.1 Å². The summed E-state index contributed by atoms with van der Waals surface area (Å²) in [6.07, 6.45) is 2.94.